The number of fused-ring (bicyclic) bond motifs is 3. The minimum Gasteiger partial charge on any atom is -0.497 e. The lowest BCUT2D eigenvalue weighted by Crippen LogP contribution is -2.51. The molecule has 1 saturated heterocycles. The highest BCUT2D eigenvalue weighted by Gasteiger charge is 2.42. The lowest BCUT2D eigenvalue weighted by Gasteiger charge is -2.45. The summed E-state index contributed by atoms with van der Waals surface area (Å²) in [6.07, 6.45) is 2.02. The SMILES string of the molecule is COc1ccc2c(c1)CCC1CNC(C)C(CS(=O)(=O)O)C21. The Kier molecular flexibility index (Phi) is 4.18. The first kappa shape index (κ1) is 15.8. The molecule has 2 N–H and O–H groups in total. The van der Waals surface area contributed by atoms with E-state index >= 15 is 0 Å². The molecule has 3 rings (SSSR count). The molecule has 1 aromatic carbocycles. The lowest BCUT2D eigenvalue weighted by atomic mass is 9.66. The van der Waals surface area contributed by atoms with E-state index in [0.717, 1.165) is 25.1 Å². The Labute approximate surface area is 131 Å². The van der Waals surface area contributed by atoms with Crippen LogP contribution in [0.5, 0.6) is 5.75 Å². The van der Waals surface area contributed by atoms with Gasteiger partial charge < -0.3 is 10.1 Å². The summed E-state index contributed by atoms with van der Waals surface area (Å²) in [6, 6.07) is 6.14. The van der Waals surface area contributed by atoms with E-state index in [2.05, 4.69) is 17.4 Å². The zero-order valence-corrected chi connectivity index (χ0v) is 13.8. The Morgan fingerprint density at radius 2 is 2.18 bits per heavy atom. The van der Waals surface area contributed by atoms with Crippen LogP contribution < -0.4 is 10.1 Å². The van der Waals surface area contributed by atoms with Crippen molar-refractivity contribution in [3.8, 4) is 5.75 Å². The van der Waals surface area contributed by atoms with Crippen LogP contribution in [0.3, 0.4) is 0 Å². The largest absolute Gasteiger partial charge is 0.497 e. The van der Waals surface area contributed by atoms with Gasteiger partial charge in [-0.25, -0.2) is 0 Å². The molecule has 5 nitrogen and oxygen atoms in total. The van der Waals surface area contributed by atoms with Crippen LogP contribution in [0.25, 0.3) is 0 Å². The van der Waals surface area contributed by atoms with E-state index in [1.54, 1.807) is 7.11 Å². The van der Waals surface area contributed by atoms with Crippen LogP contribution in [0.4, 0.5) is 0 Å². The van der Waals surface area contributed by atoms with E-state index < -0.39 is 10.1 Å². The highest BCUT2D eigenvalue weighted by molar-refractivity contribution is 7.85. The van der Waals surface area contributed by atoms with Gasteiger partial charge in [0.1, 0.15) is 5.75 Å². The van der Waals surface area contributed by atoms with Crippen LogP contribution in [0.1, 0.15) is 30.4 Å². The Hall–Kier alpha value is -1.11. The second-order valence-corrected chi connectivity index (χ2v) is 8.00. The normalized spacial score (nSPS) is 31.2. The molecule has 6 heteroatoms. The zero-order chi connectivity index (χ0) is 15.9. The quantitative estimate of drug-likeness (QED) is 0.829. The summed E-state index contributed by atoms with van der Waals surface area (Å²) >= 11 is 0. The first-order valence-electron chi connectivity index (χ1n) is 7.74. The minimum atomic E-state index is -3.99. The van der Waals surface area contributed by atoms with Crippen LogP contribution in [0.2, 0.25) is 0 Å². The zero-order valence-electron chi connectivity index (χ0n) is 13.0. The van der Waals surface area contributed by atoms with E-state index in [0.29, 0.717) is 5.92 Å². The second kappa shape index (κ2) is 5.83. The first-order chi connectivity index (χ1) is 10.4. The van der Waals surface area contributed by atoms with Crippen LogP contribution in [0, 0.1) is 11.8 Å². The first-order valence-corrected chi connectivity index (χ1v) is 9.35. The van der Waals surface area contributed by atoms with Crippen LogP contribution in [-0.4, -0.2) is 38.4 Å². The van der Waals surface area contributed by atoms with Crippen molar-refractivity contribution in [2.45, 2.75) is 31.7 Å². The monoisotopic (exact) mass is 325 g/mol. The summed E-state index contributed by atoms with van der Waals surface area (Å²) in [5.74, 6) is 1.14. The van der Waals surface area contributed by atoms with Gasteiger partial charge in [-0.1, -0.05) is 6.07 Å². The van der Waals surface area contributed by atoms with Gasteiger partial charge in [0, 0.05) is 6.04 Å². The molecule has 4 atom stereocenters. The fraction of sp³-hybridized carbons (Fsp3) is 0.625. The molecule has 1 aliphatic heterocycles. The Morgan fingerprint density at radius 1 is 1.41 bits per heavy atom. The Balaban J connectivity index is 2.00. The summed E-state index contributed by atoms with van der Waals surface area (Å²) < 4.78 is 37.5. The summed E-state index contributed by atoms with van der Waals surface area (Å²) in [7, 11) is -2.33. The number of aryl methyl sites for hydroxylation is 1. The van der Waals surface area contributed by atoms with Crippen molar-refractivity contribution in [3.05, 3.63) is 29.3 Å². The van der Waals surface area contributed by atoms with Crippen LogP contribution >= 0.6 is 0 Å². The Morgan fingerprint density at radius 3 is 2.86 bits per heavy atom. The molecular weight excluding hydrogens is 302 g/mol. The van der Waals surface area contributed by atoms with Crippen LogP contribution in [-0.2, 0) is 16.5 Å². The molecule has 0 bridgehead atoms. The molecule has 4 unspecified atom stereocenters. The lowest BCUT2D eigenvalue weighted by molar-refractivity contribution is 0.183. The van der Waals surface area contributed by atoms with Gasteiger partial charge in [0.25, 0.3) is 10.1 Å². The van der Waals surface area contributed by atoms with Gasteiger partial charge in [0.2, 0.25) is 0 Å². The van der Waals surface area contributed by atoms with E-state index in [1.807, 2.05) is 13.0 Å². The third-order valence-electron chi connectivity index (χ3n) is 5.21. The third-order valence-corrected chi connectivity index (χ3v) is 6.02. The molecule has 0 amide bonds. The fourth-order valence-electron chi connectivity index (χ4n) is 4.13. The van der Waals surface area contributed by atoms with Gasteiger partial charge in [0.05, 0.1) is 12.9 Å². The summed E-state index contributed by atoms with van der Waals surface area (Å²) in [6.45, 7) is 2.91. The number of rotatable bonds is 3. The van der Waals surface area contributed by atoms with Crippen molar-refractivity contribution in [2.75, 3.05) is 19.4 Å². The highest BCUT2D eigenvalue weighted by Crippen LogP contribution is 2.45. The molecule has 1 aliphatic carbocycles. The molecule has 122 valence electrons. The second-order valence-electron chi connectivity index (χ2n) is 6.50. The van der Waals surface area contributed by atoms with Crippen LogP contribution in [0.15, 0.2) is 18.2 Å². The van der Waals surface area contributed by atoms with Crippen molar-refractivity contribution in [1.29, 1.82) is 0 Å². The van der Waals surface area contributed by atoms with Gasteiger partial charge >= 0.3 is 0 Å². The topological polar surface area (TPSA) is 75.6 Å². The smallest absolute Gasteiger partial charge is 0.265 e. The fourth-order valence-corrected chi connectivity index (χ4v) is 5.11. The summed E-state index contributed by atoms with van der Waals surface area (Å²) in [4.78, 5) is 0. The number of nitrogens with one attached hydrogen (secondary N) is 1. The van der Waals surface area contributed by atoms with E-state index in [9.17, 15) is 13.0 Å². The maximum absolute atomic E-state index is 11.4. The molecule has 22 heavy (non-hydrogen) atoms. The van der Waals surface area contributed by atoms with Crippen molar-refractivity contribution < 1.29 is 17.7 Å². The molecule has 0 spiro atoms. The molecular formula is C16H23NO4S. The van der Waals surface area contributed by atoms with Gasteiger partial charge in [-0.05, 0) is 67.3 Å². The van der Waals surface area contributed by atoms with Gasteiger partial charge in [-0.3, -0.25) is 4.55 Å². The molecule has 0 saturated carbocycles. The minimum absolute atomic E-state index is 0.0660. The standard InChI is InChI=1S/C16H23NO4S/c1-10-15(9-22(18,19)20)16-12(8-17-10)4-3-11-7-13(21-2)5-6-14(11)16/h5-7,10,12,15-17H,3-4,8-9H2,1-2H3,(H,18,19,20). The highest BCUT2D eigenvalue weighted by atomic mass is 32.2. The molecule has 1 aromatic rings. The maximum Gasteiger partial charge on any atom is 0.265 e. The van der Waals surface area contributed by atoms with E-state index in [1.165, 1.54) is 11.1 Å². The molecule has 1 fully saturated rings. The average Bonchev–Trinajstić information content (AvgIpc) is 2.47. The van der Waals surface area contributed by atoms with Gasteiger partial charge in [0.15, 0.2) is 0 Å². The van der Waals surface area contributed by atoms with Crippen molar-refractivity contribution in [1.82, 2.24) is 5.32 Å². The van der Waals surface area contributed by atoms with E-state index in [4.69, 9.17) is 4.74 Å². The third kappa shape index (κ3) is 3.00. The van der Waals surface area contributed by atoms with E-state index in [-0.39, 0.29) is 23.6 Å². The average molecular weight is 325 g/mol. The summed E-state index contributed by atoms with van der Waals surface area (Å²) in [5.41, 5.74) is 2.47. The number of piperidine rings is 1. The maximum atomic E-state index is 11.4. The molecule has 0 aromatic heterocycles. The number of hydrogen-bond donors (Lipinski definition) is 2. The number of ether oxygens (including phenoxy) is 1. The number of methoxy groups -OCH3 is 1. The summed E-state index contributed by atoms with van der Waals surface area (Å²) in [5, 5.41) is 3.41. The van der Waals surface area contributed by atoms with Gasteiger partial charge in [-0.2, -0.15) is 8.42 Å². The molecule has 1 heterocycles. The Bertz CT molecular complexity index is 658. The van der Waals surface area contributed by atoms with Gasteiger partial charge in [-0.15, -0.1) is 0 Å². The predicted molar refractivity (Wildman–Crippen MR) is 84.9 cm³/mol. The number of benzene rings is 1. The molecule has 2 aliphatic rings. The molecule has 0 radical (unpaired) electrons. The van der Waals surface area contributed by atoms with Crippen molar-refractivity contribution in [2.24, 2.45) is 11.8 Å². The van der Waals surface area contributed by atoms with Crippen molar-refractivity contribution >= 4 is 10.1 Å². The predicted octanol–water partition coefficient (Wildman–Crippen LogP) is 1.84. The van der Waals surface area contributed by atoms with Crippen molar-refractivity contribution in [3.63, 3.8) is 0 Å². The number of hydrogen-bond acceptors (Lipinski definition) is 4.